The van der Waals surface area contributed by atoms with Crippen LogP contribution in [0.3, 0.4) is 0 Å². The third-order valence-electron chi connectivity index (χ3n) is 4.70. The quantitative estimate of drug-likeness (QED) is 0.840. The molecule has 0 atom stereocenters. The van der Waals surface area contributed by atoms with E-state index in [0.29, 0.717) is 18.4 Å². The van der Waals surface area contributed by atoms with Crippen LogP contribution in [0.2, 0.25) is 0 Å². The number of halogens is 3. The number of urea groups is 1. The molecule has 1 spiro atoms. The summed E-state index contributed by atoms with van der Waals surface area (Å²) in [7, 11) is 0. The van der Waals surface area contributed by atoms with E-state index >= 15 is 0 Å². The molecule has 1 saturated carbocycles. The van der Waals surface area contributed by atoms with E-state index < -0.39 is 17.9 Å². The van der Waals surface area contributed by atoms with Gasteiger partial charge in [0.1, 0.15) is 11.3 Å². The fourth-order valence-corrected chi connectivity index (χ4v) is 3.47. The number of nitrogens with zero attached hydrogens (tertiary/aromatic N) is 1. The molecule has 0 bridgehead atoms. The fraction of sp³-hybridized carbons (Fsp3) is 0.529. The van der Waals surface area contributed by atoms with Gasteiger partial charge in [-0.05, 0) is 30.5 Å². The zero-order valence-electron chi connectivity index (χ0n) is 13.6. The molecule has 0 unspecified atom stereocenters. The lowest BCUT2D eigenvalue weighted by molar-refractivity contribution is -0.274. The molecule has 2 fully saturated rings. The molecular weight excluding hydrogens is 337 g/mol. The van der Waals surface area contributed by atoms with Crippen LogP contribution >= 0.6 is 0 Å². The molecule has 3 amide bonds. The molecular formula is C17H19F3N2O3. The minimum absolute atomic E-state index is 0.0265. The highest BCUT2D eigenvalue weighted by Gasteiger charge is 2.50. The lowest BCUT2D eigenvalue weighted by Crippen LogP contribution is -2.46. The summed E-state index contributed by atoms with van der Waals surface area (Å²) in [6.07, 6.45) is 0.390. The van der Waals surface area contributed by atoms with Gasteiger partial charge in [0.2, 0.25) is 0 Å². The SMILES string of the molecule is O=C1NC2(CCCCCC2)C(=O)N1Cc1ccc(OC(F)(F)F)cc1. The van der Waals surface area contributed by atoms with Gasteiger partial charge in [-0.3, -0.25) is 9.69 Å². The van der Waals surface area contributed by atoms with Crippen LogP contribution in [0, 0.1) is 0 Å². The molecule has 8 heteroatoms. The Morgan fingerprint density at radius 3 is 2.20 bits per heavy atom. The van der Waals surface area contributed by atoms with Crippen LogP contribution in [0.4, 0.5) is 18.0 Å². The van der Waals surface area contributed by atoms with Crippen LogP contribution in [-0.2, 0) is 11.3 Å². The molecule has 1 aliphatic carbocycles. The van der Waals surface area contributed by atoms with E-state index in [0.717, 1.165) is 30.6 Å². The number of imide groups is 1. The van der Waals surface area contributed by atoms with E-state index in [2.05, 4.69) is 10.1 Å². The first-order valence-corrected chi connectivity index (χ1v) is 8.28. The Bertz CT molecular complexity index is 650. The number of amides is 3. The van der Waals surface area contributed by atoms with E-state index in [9.17, 15) is 22.8 Å². The Hall–Kier alpha value is -2.25. The van der Waals surface area contributed by atoms with Crippen LogP contribution in [0.25, 0.3) is 0 Å². The van der Waals surface area contributed by atoms with Crippen molar-refractivity contribution >= 4 is 11.9 Å². The monoisotopic (exact) mass is 356 g/mol. The van der Waals surface area contributed by atoms with Crippen molar-refractivity contribution in [3.05, 3.63) is 29.8 Å². The molecule has 1 aliphatic heterocycles. The minimum atomic E-state index is -4.75. The minimum Gasteiger partial charge on any atom is -0.406 e. The summed E-state index contributed by atoms with van der Waals surface area (Å²) >= 11 is 0. The third kappa shape index (κ3) is 3.88. The molecule has 5 nitrogen and oxygen atoms in total. The Labute approximate surface area is 143 Å². The number of ether oxygens (including phenoxy) is 1. The number of benzene rings is 1. The van der Waals surface area contributed by atoms with Gasteiger partial charge in [0.15, 0.2) is 0 Å². The second-order valence-electron chi connectivity index (χ2n) is 6.51. The zero-order valence-corrected chi connectivity index (χ0v) is 13.6. The molecule has 1 aromatic carbocycles. The number of hydrogen-bond donors (Lipinski definition) is 1. The first-order chi connectivity index (χ1) is 11.8. The van der Waals surface area contributed by atoms with E-state index in [1.54, 1.807) is 0 Å². The topological polar surface area (TPSA) is 58.6 Å². The van der Waals surface area contributed by atoms with Gasteiger partial charge in [0, 0.05) is 0 Å². The highest BCUT2D eigenvalue weighted by Crippen LogP contribution is 2.33. The van der Waals surface area contributed by atoms with Crippen LogP contribution in [0.5, 0.6) is 5.75 Å². The molecule has 1 heterocycles. The summed E-state index contributed by atoms with van der Waals surface area (Å²) in [6, 6.07) is 4.73. The highest BCUT2D eigenvalue weighted by atomic mass is 19.4. The molecule has 0 aromatic heterocycles. The smallest absolute Gasteiger partial charge is 0.406 e. The molecule has 0 radical (unpaired) electrons. The van der Waals surface area contributed by atoms with Crippen LogP contribution in [-0.4, -0.2) is 28.7 Å². The first kappa shape index (κ1) is 17.6. The molecule has 1 N–H and O–H groups in total. The standard InChI is InChI=1S/C17H19F3N2O3/c18-17(19,20)25-13-7-5-12(6-8-13)11-22-14(23)16(21-15(22)24)9-3-1-2-4-10-16/h5-8H,1-4,9-11H2,(H,21,24). The summed E-state index contributed by atoms with van der Waals surface area (Å²) in [6.45, 7) is 0.0265. The summed E-state index contributed by atoms with van der Waals surface area (Å²) in [5.74, 6) is -0.580. The van der Waals surface area contributed by atoms with Crippen LogP contribution in [0.1, 0.15) is 44.1 Å². The van der Waals surface area contributed by atoms with Crippen molar-refractivity contribution in [2.45, 2.75) is 57.0 Å². The number of hydrogen-bond acceptors (Lipinski definition) is 3. The number of nitrogens with one attached hydrogen (secondary N) is 1. The molecule has 136 valence electrons. The number of rotatable bonds is 3. The lowest BCUT2D eigenvalue weighted by Gasteiger charge is -2.24. The van der Waals surface area contributed by atoms with Crippen molar-refractivity contribution in [2.24, 2.45) is 0 Å². The van der Waals surface area contributed by atoms with Crippen molar-refractivity contribution in [3.8, 4) is 5.75 Å². The third-order valence-corrected chi connectivity index (χ3v) is 4.70. The van der Waals surface area contributed by atoms with Gasteiger partial charge in [-0.2, -0.15) is 0 Å². The predicted molar refractivity (Wildman–Crippen MR) is 82.6 cm³/mol. The average Bonchev–Trinajstić information content (AvgIpc) is 2.71. The predicted octanol–water partition coefficient (Wildman–Crippen LogP) is 3.73. The molecule has 3 rings (SSSR count). The first-order valence-electron chi connectivity index (χ1n) is 8.28. The number of carbonyl (C=O) groups is 2. The van der Waals surface area contributed by atoms with Gasteiger partial charge in [-0.25, -0.2) is 4.79 Å². The van der Waals surface area contributed by atoms with Gasteiger partial charge >= 0.3 is 12.4 Å². The van der Waals surface area contributed by atoms with Gasteiger partial charge in [-0.15, -0.1) is 13.2 Å². The van der Waals surface area contributed by atoms with Crippen molar-refractivity contribution in [3.63, 3.8) is 0 Å². The zero-order chi connectivity index (χ0) is 18.1. The van der Waals surface area contributed by atoms with Crippen molar-refractivity contribution in [1.82, 2.24) is 10.2 Å². The summed E-state index contributed by atoms with van der Waals surface area (Å²) in [5.41, 5.74) is -0.254. The summed E-state index contributed by atoms with van der Waals surface area (Å²) < 4.78 is 40.4. The van der Waals surface area contributed by atoms with Gasteiger partial charge in [-0.1, -0.05) is 37.8 Å². The van der Waals surface area contributed by atoms with Crippen molar-refractivity contribution in [2.75, 3.05) is 0 Å². The van der Waals surface area contributed by atoms with Crippen LogP contribution < -0.4 is 10.1 Å². The molecule has 25 heavy (non-hydrogen) atoms. The van der Waals surface area contributed by atoms with Crippen molar-refractivity contribution in [1.29, 1.82) is 0 Å². The van der Waals surface area contributed by atoms with E-state index in [1.807, 2.05) is 0 Å². The summed E-state index contributed by atoms with van der Waals surface area (Å²) in [4.78, 5) is 26.2. The normalized spacial score (nSPS) is 20.5. The average molecular weight is 356 g/mol. The Balaban J connectivity index is 1.70. The fourth-order valence-electron chi connectivity index (χ4n) is 3.47. The Kier molecular flexibility index (Phi) is 4.62. The molecule has 1 saturated heterocycles. The maximum Gasteiger partial charge on any atom is 0.573 e. The van der Waals surface area contributed by atoms with Crippen molar-refractivity contribution < 1.29 is 27.5 Å². The summed E-state index contributed by atoms with van der Waals surface area (Å²) in [5, 5.41) is 2.84. The second-order valence-corrected chi connectivity index (χ2v) is 6.51. The van der Waals surface area contributed by atoms with E-state index in [1.165, 1.54) is 24.3 Å². The van der Waals surface area contributed by atoms with Gasteiger partial charge in [0.25, 0.3) is 5.91 Å². The van der Waals surface area contributed by atoms with E-state index in [-0.39, 0.29) is 18.2 Å². The van der Waals surface area contributed by atoms with Gasteiger partial charge in [0.05, 0.1) is 6.54 Å². The maximum atomic E-state index is 12.8. The Morgan fingerprint density at radius 1 is 1.04 bits per heavy atom. The lowest BCUT2D eigenvalue weighted by atomic mass is 9.90. The number of alkyl halides is 3. The highest BCUT2D eigenvalue weighted by molar-refractivity contribution is 6.07. The maximum absolute atomic E-state index is 12.8. The largest absolute Gasteiger partial charge is 0.573 e. The Morgan fingerprint density at radius 2 is 1.64 bits per heavy atom. The van der Waals surface area contributed by atoms with Crippen LogP contribution in [0.15, 0.2) is 24.3 Å². The number of carbonyl (C=O) groups excluding carboxylic acids is 2. The van der Waals surface area contributed by atoms with E-state index in [4.69, 9.17) is 0 Å². The second kappa shape index (κ2) is 6.57. The molecule has 2 aliphatic rings. The van der Waals surface area contributed by atoms with Gasteiger partial charge < -0.3 is 10.1 Å². The molecule has 1 aromatic rings.